The topological polar surface area (TPSA) is 158 Å². The summed E-state index contributed by atoms with van der Waals surface area (Å²) >= 11 is -6.79. The van der Waals surface area contributed by atoms with Gasteiger partial charge in [0, 0.05) is 0 Å². The van der Waals surface area contributed by atoms with E-state index in [1.54, 1.807) is 0 Å². The van der Waals surface area contributed by atoms with E-state index in [1.165, 1.54) is 0 Å². The van der Waals surface area contributed by atoms with Crippen LogP contribution in [0, 0.1) is 0 Å². The number of rotatable bonds is 6. The molecule has 0 aromatic heterocycles. The number of carbonyl (C=O) groups excluding carboxylic acids is 6. The first kappa shape index (κ1) is 26.7. The van der Waals surface area contributed by atoms with Crippen molar-refractivity contribution in [3.05, 3.63) is 0 Å². The summed E-state index contributed by atoms with van der Waals surface area (Å²) in [5, 5.41) is 0. The second-order valence-corrected chi connectivity index (χ2v) is 9.62. The van der Waals surface area contributed by atoms with Crippen molar-refractivity contribution in [1.82, 2.24) is 0 Å². The summed E-state index contributed by atoms with van der Waals surface area (Å²) in [5.41, 5.74) is 0. The number of hydrogen-bond donors (Lipinski definition) is 0. The molecule has 0 aromatic rings. The Balaban J connectivity index is 0. The van der Waals surface area contributed by atoms with Gasteiger partial charge in [0.15, 0.2) is 0 Å². The van der Waals surface area contributed by atoms with Gasteiger partial charge in [0.2, 0.25) is 0 Å². The zero-order chi connectivity index (χ0) is 20.9. The van der Waals surface area contributed by atoms with Gasteiger partial charge in [0.1, 0.15) is 0 Å². The molecule has 0 atom stereocenters. The first-order valence-electron chi connectivity index (χ1n) is 6.54. The normalized spacial score (nSPS) is 9.23. The minimum absolute atomic E-state index is 0.634. The third kappa shape index (κ3) is 20.5. The summed E-state index contributed by atoms with van der Waals surface area (Å²) in [6.45, 7) is 6.86. The predicted molar refractivity (Wildman–Crippen MR) is 82.1 cm³/mol. The molecular formula is C12H18O12Sb2. The molecule has 0 unspecified atom stereocenters. The van der Waals surface area contributed by atoms with Crippen LogP contribution >= 0.6 is 0 Å². The van der Waals surface area contributed by atoms with Crippen molar-refractivity contribution in [2.75, 3.05) is 0 Å². The molecule has 0 radical (unpaired) electrons. The fourth-order valence-electron chi connectivity index (χ4n) is 0.742. The van der Waals surface area contributed by atoms with Crippen LogP contribution in [-0.4, -0.2) is 78.8 Å². The first-order chi connectivity index (χ1) is 11.8. The van der Waals surface area contributed by atoms with Crippen LogP contribution < -0.4 is 0 Å². The van der Waals surface area contributed by atoms with E-state index >= 15 is 0 Å². The minimum atomic E-state index is -3.39. The molecule has 0 rings (SSSR count). The quantitative estimate of drug-likeness (QED) is 0.356. The zero-order valence-electron chi connectivity index (χ0n) is 14.8. The van der Waals surface area contributed by atoms with E-state index in [1.807, 2.05) is 0 Å². The molecule has 0 N–H and O–H groups in total. The standard InChI is InChI=1S/6C2H4O2.2Sb/c6*1-2(3)4;;/h6*1H3,(H,3,4);;/q;;;;;;2*+3/p-6. The Labute approximate surface area is 166 Å². The molecule has 0 bridgehead atoms. The molecule has 0 saturated carbocycles. The van der Waals surface area contributed by atoms with Gasteiger partial charge in [-0.2, -0.15) is 0 Å². The van der Waals surface area contributed by atoms with Crippen molar-refractivity contribution in [3.63, 3.8) is 0 Å². The molecular weight excluding hydrogens is 580 g/mol. The van der Waals surface area contributed by atoms with E-state index in [2.05, 4.69) is 18.1 Å². The van der Waals surface area contributed by atoms with E-state index in [4.69, 9.17) is 0 Å². The third-order valence-electron chi connectivity index (χ3n) is 1.22. The van der Waals surface area contributed by atoms with Crippen molar-refractivity contribution < 1.29 is 46.9 Å². The van der Waals surface area contributed by atoms with Crippen LogP contribution in [0.4, 0.5) is 0 Å². The summed E-state index contributed by atoms with van der Waals surface area (Å²) in [7, 11) is 0. The summed E-state index contributed by atoms with van der Waals surface area (Å²) in [5.74, 6) is -3.80. The molecule has 0 saturated heterocycles. The summed E-state index contributed by atoms with van der Waals surface area (Å²) in [4.78, 5) is 62.7. The number of carbonyl (C=O) groups is 6. The molecule has 148 valence electrons. The van der Waals surface area contributed by atoms with Crippen LogP contribution in [0.15, 0.2) is 0 Å². The van der Waals surface area contributed by atoms with Gasteiger partial charge in [-0.1, -0.05) is 0 Å². The van der Waals surface area contributed by atoms with Gasteiger partial charge >= 0.3 is 167 Å². The maximum absolute atomic E-state index is 10.5. The Bertz CT molecular complexity index is 422. The van der Waals surface area contributed by atoms with Crippen LogP contribution in [-0.2, 0) is 46.9 Å². The fraction of sp³-hybridized carbons (Fsp3) is 0.500. The van der Waals surface area contributed by atoms with Gasteiger partial charge in [-0.3, -0.25) is 0 Å². The van der Waals surface area contributed by atoms with Crippen LogP contribution in [0.5, 0.6) is 0 Å². The average molecular weight is 598 g/mol. The van der Waals surface area contributed by atoms with Gasteiger partial charge in [-0.15, -0.1) is 0 Å². The fourth-order valence-corrected chi connectivity index (χ4v) is 4.97. The molecule has 0 spiro atoms. The Kier molecular flexibility index (Phi) is 15.0. The maximum atomic E-state index is 10.5. The van der Waals surface area contributed by atoms with Crippen molar-refractivity contribution in [2.24, 2.45) is 0 Å². The van der Waals surface area contributed by atoms with E-state index in [0.29, 0.717) is 0 Å². The van der Waals surface area contributed by atoms with Gasteiger partial charge in [-0.05, 0) is 0 Å². The summed E-state index contributed by atoms with van der Waals surface area (Å²) in [6.07, 6.45) is 0. The molecule has 26 heavy (non-hydrogen) atoms. The zero-order valence-corrected chi connectivity index (χ0v) is 19.9. The second-order valence-electron chi connectivity index (χ2n) is 3.94. The molecule has 0 amide bonds. The Morgan fingerprint density at radius 2 is 0.500 bits per heavy atom. The van der Waals surface area contributed by atoms with Crippen LogP contribution in [0.3, 0.4) is 0 Å². The average Bonchev–Trinajstić information content (AvgIpc) is 2.33. The molecule has 14 heteroatoms. The van der Waals surface area contributed by atoms with Crippen molar-refractivity contribution >= 4 is 78.8 Å². The Morgan fingerprint density at radius 1 is 0.385 bits per heavy atom. The van der Waals surface area contributed by atoms with E-state index in [0.717, 1.165) is 41.5 Å². The van der Waals surface area contributed by atoms with Crippen molar-refractivity contribution in [2.45, 2.75) is 41.5 Å². The number of hydrogen-bond acceptors (Lipinski definition) is 12. The van der Waals surface area contributed by atoms with E-state index in [-0.39, 0.29) is 0 Å². The molecule has 0 aliphatic heterocycles. The third-order valence-corrected chi connectivity index (χ3v) is 8.17. The molecule has 0 aromatic carbocycles. The predicted octanol–water partition coefficient (Wildman–Crippen LogP) is -0.679. The van der Waals surface area contributed by atoms with Gasteiger partial charge in [0.05, 0.1) is 0 Å². The van der Waals surface area contributed by atoms with E-state index < -0.39 is 78.8 Å². The monoisotopic (exact) mass is 596 g/mol. The van der Waals surface area contributed by atoms with Gasteiger partial charge in [0.25, 0.3) is 0 Å². The molecule has 0 aliphatic carbocycles. The van der Waals surface area contributed by atoms with Gasteiger partial charge in [-0.25, -0.2) is 0 Å². The SMILES string of the molecule is CC(=O)[O][Sb]([O]C(C)=O)[O]C(C)=O.CC(=O)[O][Sb]([O]C(C)=O)[O]C(C)=O. The molecule has 0 heterocycles. The first-order valence-corrected chi connectivity index (χ1v) is 12.8. The van der Waals surface area contributed by atoms with E-state index in [9.17, 15) is 28.8 Å². The molecule has 0 fully saturated rings. The van der Waals surface area contributed by atoms with Crippen LogP contribution in [0.2, 0.25) is 0 Å². The van der Waals surface area contributed by atoms with Crippen molar-refractivity contribution in [3.8, 4) is 0 Å². The molecule has 0 aliphatic rings. The van der Waals surface area contributed by atoms with Crippen LogP contribution in [0.25, 0.3) is 0 Å². The van der Waals surface area contributed by atoms with Crippen molar-refractivity contribution in [1.29, 1.82) is 0 Å². The Hall–Kier alpha value is -1.54. The second kappa shape index (κ2) is 14.6. The summed E-state index contributed by atoms with van der Waals surface area (Å²) < 4.78 is 27.2. The summed E-state index contributed by atoms with van der Waals surface area (Å²) in [6, 6.07) is 0. The molecule has 12 nitrogen and oxygen atoms in total. The Morgan fingerprint density at radius 3 is 0.577 bits per heavy atom. The van der Waals surface area contributed by atoms with Gasteiger partial charge < -0.3 is 0 Å². The van der Waals surface area contributed by atoms with Crippen LogP contribution in [0.1, 0.15) is 41.5 Å².